The first kappa shape index (κ1) is 11.0. The van der Waals surface area contributed by atoms with E-state index in [1.54, 1.807) is 6.08 Å². The molecule has 0 aromatic carbocycles. The highest BCUT2D eigenvalue weighted by molar-refractivity contribution is 5.96. The summed E-state index contributed by atoms with van der Waals surface area (Å²) in [4.78, 5) is 11.8. The molecule has 0 N–H and O–H groups in total. The monoisotopic (exact) mass is 190 g/mol. The average Bonchev–Trinajstić information content (AvgIpc) is 2.18. The van der Waals surface area contributed by atoms with Gasteiger partial charge < -0.3 is 0 Å². The van der Waals surface area contributed by atoms with Crippen molar-refractivity contribution in [3.05, 3.63) is 36.5 Å². The normalized spacial score (nSPS) is 25.7. The molecule has 76 valence electrons. The number of allylic oxidation sites excluding steroid dienone is 5. The Labute approximate surface area is 86.2 Å². The summed E-state index contributed by atoms with van der Waals surface area (Å²) in [5.74, 6) is 1.11. The highest BCUT2D eigenvalue weighted by Crippen LogP contribution is 2.26. The minimum absolute atomic E-state index is 0.272. The van der Waals surface area contributed by atoms with E-state index in [0.717, 1.165) is 12.0 Å². The van der Waals surface area contributed by atoms with Crippen LogP contribution in [0.25, 0.3) is 0 Å². The smallest absolute Gasteiger partial charge is 0.159 e. The molecule has 14 heavy (non-hydrogen) atoms. The Balaban J connectivity index is 2.67. The zero-order valence-corrected chi connectivity index (χ0v) is 8.99. The van der Waals surface area contributed by atoms with Gasteiger partial charge in [-0.15, -0.1) is 6.58 Å². The standard InChI is InChI=1S/C13H18O/c1-4-5-9-13(14)12-8-6-7-10(2)11(12)3/h4,6-8,10-11H,1,5,9H2,2-3H3. The van der Waals surface area contributed by atoms with Crippen LogP contribution in [0.5, 0.6) is 0 Å². The Hall–Kier alpha value is -1.11. The second-order valence-corrected chi connectivity index (χ2v) is 3.91. The molecule has 0 aliphatic heterocycles. The topological polar surface area (TPSA) is 17.1 Å². The summed E-state index contributed by atoms with van der Waals surface area (Å²) in [7, 11) is 0. The van der Waals surface area contributed by atoms with Gasteiger partial charge >= 0.3 is 0 Å². The van der Waals surface area contributed by atoms with Gasteiger partial charge in [-0.2, -0.15) is 0 Å². The third-order valence-corrected chi connectivity index (χ3v) is 2.87. The van der Waals surface area contributed by atoms with Gasteiger partial charge in [0.15, 0.2) is 5.78 Å². The van der Waals surface area contributed by atoms with Gasteiger partial charge in [-0.05, 0) is 23.8 Å². The second-order valence-electron chi connectivity index (χ2n) is 3.91. The molecule has 1 rings (SSSR count). The molecule has 0 saturated carbocycles. The summed E-state index contributed by atoms with van der Waals surface area (Å²) in [6.45, 7) is 7.89. The number of hydrogen-bond acceptors (Lipinski definition) is 1. The lowest BCUT2D eigenvalue weighted by molar-refractivity contribution is -0.116. The molecule has 0 spiro atoms. The first-order valence-electron chi connectivity index (χ1n) is 5.19. The molecule has 0 radical (unpaired) electrons. The van der Waals surface area contributed by atoms with Crippen LogP contribution in [-0.2, 0) is 4.79 Å². The predicted molar refractivity (Wildman–Crippen MR) is 60.0 cm³/mol. The number of carbonyl (C=O) groups is 1. The maximum Gasteiger partial charge on any atom is 0.159 e. The summed E-state index contributed by atoms with van der Waals surface area (Å²) in [5.41, 5.74) is 0.974. The van der Waals surface area contributed by atoms with Crippen molar-refractivity contribution < 1.29 is 4.79 Å². The molecule has 2 atom stereocenters. The maximum atomic E-state index is 11.8. The molecule has 0 saturated heterocycles. The van der Waals surface area contributed by atoms with Gasteiger partial charge in [-0.3, -0.25) is 4.79 Å². The summed E-state index contributed by atoms with van der Waals surface area (Å²) in [6.07, 6.45) is 9.27. The molecular weight excluding hydrogens is 172 g/mol. The van der Waals surface area contributed by atoms with E-state index in [0.29, 0.717) is 18.3 Å². The lowest BCUT2D eigenvalue weighted by Gasteiger charge is -2.22. The maximum absolute atomic E-state index is 11.8. The fraction of sp³-hybridized carbons (Fsp3) is 0.462. The number of hydrogen-bond donors (Lipinski definition) is 0. The van der Waals surface area contributed by atoms with Crippen molar-refractivity contribution in [2.75, 3.05) is 0 Å². The highest BCUT2D eigenvalue weighted by atomic mass is 16.1. The van der Waals surface area contributed by atoms with Crippen molar-refractivity contribution in [2.24, 2.45) is 11.8 Å². The summed E-state index contributed by atoms with van der Waals surface area (Å²) in [6, 6.07) is 0. The van der Waals surface area contributed by atoms with Crippen LogP contribution >= 0.6 is 0 Å². The van der Waals surface area contributed by atoms with E-state index in [1.807, 2.05) is 12.2 Å². The lowest BCUT2D eigenvalue weighted by atomic mass is 9.82. The Kier molecular flexibility index (Phi) is 3.87. The largest absolute Gasteiger partial charge is 0.295 e. The fourth-order valence-corrected chi connectivity index (χ4v) is 1.66. The third kappa shape index (κ3) is 2.44. The van der Waals surface area contributed by atoms with Crippen LogP contribution in [0.4, 0.5) is 0 Å². The Morgan fingerprint density at radius 1 is 1.57 bits per heavy atom. The van der Waals surface area contributed by atoms with Crippen molar-refractivity contribution in [3.8, 4) is 0 Å². The van der Waals surface area contributed by atoms with E-state index in [4.69, 9.17) is 0 Å². The van der Waals surface area contributed by atoms with E-state index in [-0.39, 0.29) is 5.78 Å². The molecule has 2 unspecified atom stereocenters. The first-order valence-corrected chi connectivity index (χ1v) is 5.19. The predicted octanol–water partition coefficient (Wildman–Crippen LogP) is 3.29. The third-order valence-electron chi connectivity index (χ3n) is 2.87. The van der Waals surface area contributed by atoms with Gasteiger partial charge in [0.05, 0.1) is 0 Å². The average molecular weight is 190 g/mol. The second kappa shape index (κ2) is 4.94. The number of rotatable bonds is 4. The summed E-state index contributed by atoms with van der Waals surface area (Å²) in [5, 5.41) is 0. The number of Topliss-reactive ketones (excluding diaryl/α,β-unsaturated/α-hetero) is 1. The van der Waals surface area contributed by atoms with Crippen LogP contribution in [0.15, 0.2) is 36.5 Å². The van der Waals surface area contributed by atoms with Crippen LogP contribution in [0.1, 0.15) is 26.7 Å². The van der Waals surface area contributed by atoms with Crippen LogP contribution in [0.3, 0.4) is 0 Å². The molecule has 1 aliphatic carbocycles. The highest BCUT2D eigenvalue weighted by Gasteiger charge is 2.21. The van der Waals surface area contributed by atoms with Crippen molar-refractivity contribution in [1.29, 1.82) is 0 Å². The van der Waals surface area contributed by atoms with Crippen LogP contribution in [0, 0.1) is 11.8 Å². The van der Waals surface area contributed by atoms with E-state index < -0.39 is 0 Å². The van der Waals surface area contributed by atoms with Crippen molar-refractivity contribution >= 4 is 5.78 Å². The Bertz CT molecular complexity index is 284. The molecule has 1 aliphatic rings. The van der Waals surface area contributed by atoms with Crippen molar-refractivity contribution in [1.82, 2.24) is 0 Å². The molecule has 0 heterocycles. The number of ketones is 1. The molecular formula is C13H18O. The molecule has 0 bridgehead atoms. The van der Waals surface area contributed by atoms with Gasteiger partial charge in [-0.1, -0.05) is 38.2 Å². The van der Waals surface area contributed by atoms with Gasteiger partial charge in [-0.25, -0.2) is 0 Å². The summed E-state index contributed by atoms with van der Waals surface area (Å²) < 4.78 is 0. The van der Waals surface area contributed by atoms with E-state index in [1.165, 1.54) is 0 Å². The fourth-order valence-electron chi connectivity index (χ4n) is 1.66. The van der Waals surface area contributed by atoms with Gasteiger partial charge in [0.1, 0.15) is 0 Å². The first-order chi connectivity index (χ1) is 6.66. The lowest BCUT2D eigenvalue weighted by Crippen LogP contribution is -2.18. The van der Waals surface area contributed by atoms with E-state index in [2.05, 4.69) is 26.5 Å². The van der Waals surface area contributed by atoms with Crippen LogP contribution in [0.2, 0.25) is 0 Å². The molecule has 0 aromatic rings. The Morgan fingerprint density at radius 2 is 2.29 bits per heavy atom. The van der Waals surface area contributed by atoms with Gasteiger partial charge in [0.25, 0.3) is 0 Å². The van der Waals surface area contributed by atoms with Crippen molar-refractivity contribution in [2.45, 2.75) is 26.7 Å². The van der Waals surface area contributed by atoms with Crippen LogP contribution in [-0.4, -0.2) is 5.78 Å². The molecule has 0 aromatic heterocycles. The molecule has 0 amide bonds. The Morgan fingerprint density at radius 3 is 2.93 bits per heavy atom. The zero-order valence-electron chi connectivity index (χ0n) is 8.99. The van der Waals surface area contributed by atoms with Crippen molar-refractivity contribution in [3.63, 3.8) is 0 Å². The van der Waals surface area contributed by atoms with E-state index in [9.17, 15) is 4.79 Å². The summed E-state index contributed by atoms with van der Waals surface area (Å²) >= 11 is 0. The minimum atomic E-state index is 0.272. The van der Waals surface area contributed by atoms with Crippen LogP contribution < -0.4 is 0 Å². The SMILES string of the molecule is C=CCCC(=O)C1=CC=CC(C)C1C. The van der Waals surface area contributed by atoms with Gasteiger partial charge in [0.2, 0.25) is 0 Å². The van der Waals surface area contributed by atoms with Gasteiger partial charge in [0, 0.05) is 6.42 Å². The van der Waals surface area contributed by atoms with E-state index >= 15 is 0 Å². The zero-order chi connectivity index (χ0) is 10.6. The molecule has 1 heteroatoms. The molecule has 0 fully saturated rings. The number of carbonyl (C=O) groups excluding carboxylic acids is 1. The minimum Gasteiger partial charge on any atom is -0.295 e. The molecule has 1 nitrogen and oxygen atoms in total. The quantitative estimate of drug-likeness (QED) is 0.622.